The number of thioether (sulfide) groups is 1. The molecule has 0 aliphatic rings. The van der Waals surface area contributed by atoms with Gasteiger partial charge in [-0.05, 0) is 31.4 Å². The van der Waals surface area contributed by atoms with Crippen molar-refractivity contribution in [3.05, 3.63) is 29.8 Å². The molecule has 0 fully saturated rings. The molecule has 1 aromatic rings. The van der Waals surface area contributed by atoms with E-state index < -0.39 is 6.04 Å². The maximum atomic E-state index is 11.9. The van der Waals surface area contributed by atoms with E-state index in [1.807, 2.05) is 37.4 Å². The van der Waals surface area contributed by atoms with Gasteiger partial charge in [0, 0.05) is 5.56 Å². The summed E-state index contributed by atoms with van der Waals surface area (Å²) in [5, 5.41) is 2.93. The summed E-state index contributed by atoms with van der Waals surface area (Å²) in [6.07, 6.45) is 2.69. The van der Waals surface area contributed by atoms with E-state index in [2.05, 4.69) is 5.32 Å². The minimum Gasteiger partial charge on any atom is -0.496 e. The van der Waals surface area contributed by atoms with Crippen LogP contribution in [0.25, 0.3) is 0 Å². The first-order valence-corrected chi connectivity index (χ1v) is 7.67. The lowest BCUT2D eigenvalue weighted by Crippen LogP contribution is -2.42. The van der Waals surface area contributed by atoms with Crippen LogP contribution in [0.5, 0.6) is 5.75 Å². The van der Waals surface area contributed by atoms with E-state index in [1.165, 1.54) is 0 Å². The topological polar surface area (TPSA) is 64.3 Å². The van der Waals surface area contributed by atoms with Crippen LogP contribution in [-0.4, -0.2) is 31.1 Å². The fourth-order valence-electron chi connectivity index (χ4n) is 1.80. The standard InChI is InChI=1S/C14H22N2O2S/c1-10(11-6-4-5-7-13(11)18-2)16-14(17)12(15)8-9-19-3/h4-7,10,12H,8-9,15H2,1-3H3,(H,16,17)/t10-,12+/m0/s1. The molecule has 3 N–H and O–H groups in total. The van der Waals surface area contributed by atoms with Crippen LogP contribution in [0.1, 0.15) is 24.9 Å². The molecule has 106 valence electrons. The number of carbonyl (C=O) groups is 1. The minimum absolute atomic E-state index is 0.118. The van der Waals surface area contributed by atoms with Gasteiger partial charge in [-0.2, -0.15) is 11.8 Å². The fourth-order valence-corrected chi connectivity index (χ4v) is 2.29. The Hall–Kier alpha value is -1.20. The SMILES string of the molecule is COc1ccccc1[C@H](C)NC(=O)[C@H](N)CCSC. The van der Waals surface area contributed by atoms with Gasteiger partial charge in [0.05, 0.1) is 19.2 Å². The second kappa shape index (κ2) is 8.07. The van der Waals surface area contributed by atoms with E-state index >= 15 is 0 Å². The van der Waals surface area contributed by atoms with Crippen LogP contribution in [0, 0.1) is 0 Å². The lowest BCUT2D eigenvalue weighted by molar-refractivity contribution is -0.123. The van der Waals surface area contributed by atoms with Gasteiger partial charge in [0.1, 0.15) is 5.75 Å². The summed E-state index contributed by atoms with van der Waals surface area (Å²) in [7, 11) is 1.62. The van der Waals surface area contributed by atoms with Crippen molar-refractivity contribution in [1.82, 2.24) is 5.32 Å². The lowest BCUT2D eigenvalue weighted by atomic mass is 10.1. The van der Waals surface area contributed by atoms with Gasteiger partial charge in [0.15, 0.2) is 0 Å². The molecule has 0 unspecified atom stereocenters. The highest BCUT2D eigenvalue weighted by molar-refractivity contribution is 7.98. The Bertz CT molecular complexity index is 412. The average molecular weight is 282 g/mol. The van der Waals surface area contributed by atoms with Gasteiger partial charge >= 0.3 is 0 Å². The largest absolute Gasteiger partial charge is 0.496 e. The predicted octanol–water partition coefficient (Wildman–Crippen LogP) is 1.95. The van der Waals surface area contributed by atoms with Crippen molar-refractivity contribution in [2.45, 2.75) is 25.4 Å². The number of nitrogens with one attached hydrogen (secondary N) is 1. The summed E-state index contributed by atoms with van der Waals surface area (Å²) >= 11 is 1.69. The second-order valence-corrected chi connectivity index (χ2v) is 5.35. The van der Waals surface area contributed by atoms with Crippen LogP contribution in [0.2, 0.25) is 0 Å². The van der Waals surface area contributed by atoms with E-state index in [-0.39, 0.29) is 11.9 Å². The number of rotatable bonds is 7. The maximum absolute atomic E-state index is 11.9. The van der Waals surface area contributed by atoms with Crippen molar-refractivity contribution in [3.8, 4) is 5.75 Å². The quantitative estimate of drug-likeness (QED) is 0.802. The Morgan fingerprint density at radius 3 is 2.79 bits per heavy atom. The van der Waals surface area contributed by atoms with Crippen LogP contribution in [-0.2, 0) is 4.79 Å². The van der Waals surface area contributed by atoms with E-state index in [0.717, 1.165) is 17.1 Å². The number of ether oxygens (including phenoxy) is 1. The summed E-state index contributed by atoms with van der Waals surface area (Å²) < 4.78 is 5.29. The molecule has 0 radical (unpaired) electrons. The van der Waals surface area contributed by atoms with Crippen LogP contribution in [0.4, 0.5) is 0 Å². The highest BCUT2D eigenvalue weighted by Crippen LogP contribution is 2.24. The highest BCUT2D eigenvalue weighted by Gasteiger charge is 2.18. The van der Waals surface area contributed by atoms with E-state index in [1.54, 1.807) is 18.9 Å². The first-order valence-electron chi connectivity index (χ1n) is 6.28. The van der Waals surface area contributed by atoms with Gasteiger partial charge in [-0.15, -0.1) is 0 Å². The Balaban J connectivity index is 2.63. The number of benzene rings is 1. The van der Waals surface area contributed by atoms with Crippen LogP contribution in [0.15, 0.2) is 24.3 Å². The molecule has 19 heavy (non-hydrogen) atoms. The minimum atomic E-state index is -0.454. The molecule has 0 saturated carbocycles. The van der Waals surface area contributed by atoms with Crippen molar-refractivity contribution in [2.75, 3.05) is 19.1 Å². The number of amides is 1. The zero-order valence-electron chi connectivity index (χ0n) is 11.7. The third kappa shape index (κ3) is 4.76. The predicted molar refractivity (Wildman–Crippen MR) is 80.5 cm³/mol. The Morgan fingerprint density at radius 1 is 1.47 bits per heavy atom. The normalized spacial score (nSPS) is 13.7. The first-order chi connectivity index (χ1) is 9.10. The molecule has 0 saturated heterocycles. The number of nitrogens with two attached hydrogens (primary N) is 1. The molecule has 0 bridgehead atoms. The number of para-hydroxylation sites is 1. The average Bonchev–Trinajstić information content (AvgIpc) is 2.44. The molecule has 1 amide bonds. The van der Waals surface area contributed by atoms with Crippen molar-refractivity contribution in [3.63, 3.8) is 0 Å². The number of hydrogen-bond acceptors (Lipinski definition) is 4. The summed E-state index contributed by atoms with van der Waals surface area (Å²) in [6.45, 7) is 1.93. The maximum Gasteiger partial charge on any atom is 0.237 e. The highest BCUT2D eigenvalue weighted by atomic mass is 32.2. The van der Waals surface area contributed by atoms with Gasteiger partial charge in [0.25, 0.3) is 0 Å². The summed E-state index contributed by atoms with van der Waals surface area (Å²) in [4.78, 5) is 11.9. The van der Waals surface area contributed by atoms with Crippen LogP contribution < -0.4 is 15.8 Å². The third-order valence-corrected chi connectivity index (χ3v) is 3.58. The molecule has 1 aromatic carbocycles. The number of hydrogen-bond donors (Lipinski definition) is 2. The Morgan fingerprint density at radius 2 is 2.16 bits per heavy atom. The molecule has 4 nitrogen and oxygen atoms in total. The molecular formula is C14H22N2O2S. The molecule has 1 rings (SSSR count). The summed E-state index contributed by atoms with van der Waals surface area (Å²) in [5.41, 5.74) is 6.80. The summed E-state index contributed by atoms with van der Waals surface area (Å²) in [5.74, 6) is 1.54. The zero-order valence-corrected chi connectivity index (χ0v) is 12.5. The molecule has 0 aliphatic carbocycles. The van der Waals surface area contributed by atoms with Crippen molar-refractivity contribution >= 4 is 17.7 Å². The molecule has 2 atom stereocenters. The molecule has 0 heterocycles. The smallest absolute Gasteiger partial charge is 0.237 e. The molecule has 0 aromatic heterocycles. The number of methoxy groups -OCH3 is 1. The van der Waals surface area contributed by atoms with E-state index in [9.17, 15) is 4.79 Å². The molecular weight excluding hydrogens is 260 g/mol. The van der Waals surface area contributed by atoms with Crippen LogP contribution in [0.3, 0.4) is 0 Å². The van der Waals surface area contributed by atoms with Gasteiger partial charge < -0.3 is 15.8 Å². The van der Waals surface area contributed by atoms with Gasteiger partial charge in [-0.3, -0.25) is 4.79 Å². The third-order valence-electron chi connectivity index (χ3n) is 2.93. The molecule has 0 spiro atoms. The van der Waals surface area contributed by atoms with Crippen LogP contribution >= 0.6 is 11.8 Å². The lowest BCUT2D eigenvalue weighted by Gasteiger charge is -2.19. The van der Waals surface area contributed by atoms with Gasteiger partial charge in [-0.25, -0.2) is 0 Å². The van der Waals surface area contributed by atoms with Gasteiger partial charge in [-0.1, -0.05) is 18.2 Å². The summed E-state index contributed by atoms with van der Waals surface area (Å²) in [6, 6.07) is 7.08. The van der Waals surface area contributed by atoms with E-state index in [4.69, 9.17) is 10.5 Å². The Kier molecular flexibility index (Phi) is 6.73. The second-order valence-electron chi connectivity index (χ2n) is 4.36. The molecule has 0 aliphatic heterocycles. The van der Waals surface area contributed by atoms with Gasteiger partial charge in [0.2, 0.25) is 5.91 Å². The fraction of sp³-hybridized carbons (Fsp3) is 0.500. The number of carbonyl (C=O) groups excluding carboxylic acids is 1. The first kappa shape index (κ1) is 15.9. The Labute approximate surface area is 119 Å². The van der Waals surface area contributed by atoms with E-state index in [0.29, 0.717) is 6.42 Å². The molecule has 5 heteroatoms. The van der Waals surface area contributed by atoms with Crippen molar-refractivity contribution in [1.29, 1.82) is 0 Å². The monoisotopic (exact) mass is 282 g/mol. The zero-order chi connectivity index (χ0) is 14.3. The van der Waals surface area contributed by atoms with Crippen molar-refractivity contribution < 1.29 is 9.53 Å². The van der Waals surface area contributed by atoms with Crippen molar-refractivity contribution in [2.24, 2.45) is 5.73 Å².